The van der Waals surface area contributed by atoms with Crippen molar-refractivity contribution in [2.45, 2.75) is 77.9 Å². The Hall–Kier alpha value is -0.0831. The average Bonchev–Trinajstić information content (AvgIpc) is 2.20. The lowest BCUT2D eigenvalue weighted by molar-refractivity contribution is 0.278. The largest absolute Gasteiger partial charge is 0.417 e. The predicted molar refractivity (Wildman–Crippen MR) is 81.0 cm³/mol. The van der Waals surface area contributed by atoms with E-state index >= 15 is 0 Å². The summed E-state index contributed by atoms with van der Waals surface area (Å²) in [5, 5.41) is 0.344. The van der Waals surface area contributed by atoms with E-state index in [1.54, 1.807) is 0 Å². The van der Waals surface area contributed by atoms with Gasteiger partial charge in [-0.3, -0.25) is 0 Å². The lowest BCUT2D eigenvalue weighted by atomic mass is 10.2. The highest BCUT2D eigenvalue weighted by Crippen LogP contribution is 2.36. The molecule has 0 bridgehead atoms. The Bertz CT molecular complexity index is 213. The molecule has 0 rings (SSSR count). The summed E-state index contributed by atoms with van der Waals surface area (Å²) in [5.41, 5.74) is 0. The molecule has 0 aromatic carbocycles. The van der Waals surface area contributed by atoms with Crippen molar-refractivity contribution in [2.75, 3.05) is 6.61 Å². The van der Waals surface area contributed by atoms with Gasteiger partial charge in [0.1, 0.15) is 0 Å². The third kappa shape index (κ3) is 7.77. The van der Waals surface area contributed by atoms with Crippen molar-refractivity contribution in [1.82, 2.24) is 0 Å². The van der Waals surface area contributed by atoms with Gasteiger partial charge in [0, 0.05) is 6.61 Å². The molecule has 0 unspecified atom stereocenters. The smallest absolute Gasteiger partial charge is 0.191 e. The van der Waals surface area contributed by atoms with Crippen LogP contribution in [-0.4, -0.2) is 14.9 Å². The van der Waals surface area contributed by atoms with Crippen LogP contribution in [0, 0.1) is 0 Å². The van der Waals surface area contributed by atoms with Crippen molar-refractivity contribution < 1.29 is 4.43 Å². The Morgan fingerprint density at radius 1 is 1.00 bits per heavy atom. The van der Waals surface area contributed by atoms with Crippen LogP contribution in [0.15, 0.2) is 12.2 Å². The van der Waals surface area contributed by atoms with E-state index in [1.807, 2.05) is 0 Å². The summed E-state index contributed by atoms with van der Waals surface area (Å²) in [5.74, 6) is 0. The average molecular weight is 257 g/mol. The van der Waals surface area contributed by atoms with E-state index in [0.29, 0.717) is 5.04 Å². The van der Waals surface area contributed by atoms with E-state index in [0.717, 1.165) is 13.0 Å². The van der Waals surface area contributed by atoms with Gasteiger partial charge in [-0.2, -0.15) is 0 Å². The fraction of sp³-hybridized carbons (Fsp3) is 0.867. The van der Waals surface area contributed by atoms with E-state index in [-0.39, 0.29) is 0 Å². The van der Waals surface area contributed by atoms with Gasteiger partial charge in [0.2, 0.25) is 0 Å². The van der Waals surface area contributed by atoms with Crippen LogP contribution in [0.3, 0.4) is 0 Å². The van der Waals surface area contributed by atoms with Gasteiger partial charge < -0.3 is 4.43 Å². The lowest BCUT2D eigenvalue weighted by Gasteiger charge is -2.36. The molecule has 0 heterocycles. The summed E-state index contributed by atoms with van der Waals surface area (Å²) in [6.45, 7) is 14.7. The molecular weight excluding hydrogens is 224 g/mol. The van der Waals surface area contributed by atoms with E-state index in [1.165, 1.54) is 25.7 Å². The fourth-order valence-electron chi connectivity index (χ4n) is 1.37. The van der Waals surface area contributed by atoms with Crippen LogP contribution in [0.5, 0.6) is 0 Å². The van der Waals surface area contributed by atoms with E-state index in [9.17, 15) is 0 Å². The molecule has 0 aromatic heterocycles. The van der Waals surface area contributed by atoms with Crippen LogP contribution < -0.4 is 0 Å². The molecule has 0 N–H and O–H groups in total. The molecule has 0 saturated carbocycles. The van der Waals surface area contributed by atoms with Gasteiger partial charge in [-0.1, -0.05) is 46.3 Å². The third-order valence-electron chi connectivity index (χ3n) is 3.69. The minimum atomic E-state index is -1.50. The summed E-state index contributed by atoms with van der Waals surface area (Å²) < 4.78 is 6.14. The van der Waals surface area contributed by atoms with Crippen LogP contribution in [0.4, 0.5) is 0 Å². The topological polar surface area (TPSA) is 9.23 Å². The number of unbranched alkanes of at least 4 members (excludes halogenated alkanes) is 3. The first-order chi connectivity index (χ1) is 7.81. The molecule has 0 fully saturated rings. The van der Waals surface area contributed by atoms with Crippen molar-refractivity contribution in [2.24, 2.45) is 0 Å². The number of hydrogen-bond acceptors (Lipinski definition) is 1. The molecule has 17 heavy (non-hydrogen) atoms. The van der Waals surface area contributed by atoms with Crippen molar-refractivity contribution in [3.05, 3.63) is 12.2 Å². The molecular formula is C15H32OSi. The molecule has 0 saturated heterocycles. The Balaban J connectivity index is 3.55. The van der Waals surface area contributed by atoms with Gasteiger partial charge in [-0.25, -0.2) is 0 Å². The lowest BCUT2D eigenvalue weighted by Crippen LogP contribution is -2.40. The summed E-state index contributed by atoms with van der Waals surface area (Å²) >= 11 is 0. The van der Waals surface area contributed by atoms with Crippen LogP contribution in [-0.2, 0) is 4.43 Å². The van der Waals surface area contributed by atoms with Crippen molar-refractivity contribution in [3.8, 4) is 0 Å². The molecule has 0 radical (unpaired) electrons. The molecule has 0 amide bonds. The quantitative estimate of drug-likeness (QED) is 0.315. The highest BCUT2D eigenvalue weighted by molar-refractivity contribution is 6.74. The fourth-order valence-corrected chi connectivity index (χ4v) is 2.46. The van der Waals surface area contributed by atoms with Crippen molar-refractivity contribution in [1.29, 1.82) is 0 Å². The van der Waals surface area contributed by atoms with Gasteiger partial charge in [-0.05, 0) is 43.8 Å². The zero-order chi connectivity index (χ0) is 13.4. The Morgan fingerprint density at radius 2 is 1.65 bits per heavy atom. The second-order valence-electron chi connectivity index (χ2n) is 6.34. The first-order valence-electron chi connectivity index (χ1n) is 7.10. The Labute approximate surface area is 110 Å². The maximum absolute atomic E-state index is 6.14. The highest BCUT2D eigenvalue weighted by atomic mass is 28.4. The van der Waals surface area contributed by atoms with Crippen LogP contribution in [0.2, 0.25) is 18.1 Å². The second kappa shape index (κ2) is 8.10. The van der Waals surface area contributed by atoms with E-state index in [2.05, 4.69) is 52.9 Å². The van der Waals surface area contributed by atoms with Crippen molar-refractivity contribution >= 4 is 8.32 Å². The molecule has 0 aromatic rings. The van der Waals surface area contributed by atoms with Crippen LogP contribution in [0.1, 0.15) is 59.8 Å². The minimum absolute atomic E-state index is 0.344. The highest BCUT2D eigenvalue weighted by Gasteiger charge is 2.36. The molecule has 2 heteroatoms. The van der Waals surface area contributed by atoms with Gasteiger partial charge in [0.25, 0.3) is 0 Å². The summed E-state index contributed by atoms with van der Waals surface area (Å²) in [6, 6.07) is 0. The molecule has 0 aliphatic carbocycles. The van der Waals surface area contributed by atoms with Gasteiger partial charge in [-0.15, -0.1) is 0 Å². The molecule has 0 atom stereocenters. The number of allylic oxidation sites excluding steroid dienone is 2. The van der Waals surface area contributed by atoms with Gasteiger partial charge in [0.05, 0.1) is 0 Å². The standard InChI is InChI=1S/C15H32OSi/c1-7-8-9-10-11-12-13-14-16-17(5,6)15(2,3)4/h8-9H,7,10-14H2,1-6H3/b9-8+. The maximum atomic E-state index is 6.14. The van der Waals surface area contributed by atoms with E-state index < -0.39 is 8.32 Å². The molecule has 102 valence electrons. The zero-order valence-electron chi connectivity index (χ0n) is 12.8. The minimum Gasteiger partial charge on any atom is -0.417 e. The van der Waals surface area contributed by atoms with Gasteiger partial charge in [0.15, 0.2) is 8.32 Å². The Kier molecular flexibility index (Phi) is 8.06. The SMILES string of the molecule is CC/C=C/CCCCCO[Si](C)(C)C(C)(C)C. The second-order valence-corrected chi connectivity index (χ2v) is 11.1. The predicted octanol–water partition coefficient (Wildman–Crippen LogP) is 5.53. The Morgan fingerprint density at radius 3 is 2.18 bits per heavy atom. The van der Waals surface area contributed by atoms with E-state index in [4.69, 9.17) is 4.43 Å². The monoisotopic (exact) mass is 256 g/mol. The van der Waals surface area contributed by atoms with Crippen LogP contribution in [0.25, 0.3) is 0 Å². The summed E-state index contributed by atoms with van der Waals surface area (Å²) in [7, 11) is -1.50. The third-order valence-corrected chi connectivity index (χ3v) is 8.22. The zero-order valence-corrected chi connectivity index (χ0v) is 13.8. The van der Waals surface area contributed by atoms with Crippen LogP contribution >= 0.6 is 0 Å². The number of hydrogen-bond donors (Lipinski definition) is 0. The summed E-state index contributed by atoms with van der Waals surface area (Å²) in [6.07, 6.45) is 10.8. The first kappa shape index (κ1) is 16.9. The number of rotatable bonds is 8. The molecule has 1 nitrogen and oxygen atoms in total. The molecule has 0 aliphatic rings. The molecule has 0 aliphatic heterocycles. The van der Waals surface area contributed by atoms with Gasteiger partial charge >= 0.3 is 0 Å². The normalized spacial score (nSPS) is 13.5. The van der Waals surface area contributed by atoms with Crippen molar-refractivity contribution in [3.63, 3.8) is 0 Å². The molecule has 0 spiro atoms. The summed E-state index contributed by atoms with van der Waals surface area (Å²) in [4.78, 5) is 0. The maximum Gasteiger partial charge on any atom is 0.191 e. The first-order valence-corrected chi connectivity index (χ1v) is 10.0.